The first-order chi connectivity index (χ1) is 10.1. The summed E-state index contributed by atoms with van der Waals surface area (Å²) >= 11 is 0. The number of urea groups is 1. The number of nitrogens with zero attached hydrogens (tertiary/aromatic N) is 1. The van der Waals surface area contributed by atoms with Crippen LogP contribution in [0.4, 0.5) is 9.18 Å². The molecule has 2 fully saturated rings. The van der Waals surface area contributed by atoms with Gasteiger partial charge in [-0.05, 0) is 36.8 Å². The summed E-state index contributed by atoms with van der Waals surface area (Å²) in [7, 11) is 1.68. The van der Waals surface area contributed by atoms with Gasteiger partial charge < -0.3 is 15.3 Å². The maximum Gasteiger partial charge on any atom is 0.317 e. The number of rotatable bonds is 5. The Labute approximate surface area is 124 Å². The Morgan fingerprint density at radius 1 is 1.48 bits per heavy atom. The highest BCUT2D eigenvalue weighted by Gasteiger charge is 2.41. The van der Waals surface area contributed by atoms with Gasteiger partial charge in [0.25, 0.3) is 0 Å². The largest absolute Gasteiger partial charge is 0.391 e. The lowest BCUT2D eigenvalue weighted by Gasteiger charge is -2.21. The molecule has 3 rings (SSSR count). The van der Waals surface area contributed by atoms with Crippen LogP contribution in [0.2, 0.25) is 0 Å². The fourth-order valence-corrected chi connectivity index (χ4v) is 2.74. The number of nitrogens with one attached hydrogen (secondary N) is 1. The molecule has 3 atom stereocenters. The topological polar surface area (TPSA) is 52.6 Å². The number of halogens is 1. The predicted molar refractivity (Wildman–Crippen MR) is 77.4 cm³/mol. The average Bonchev–Trinajstić information content (AvgIpc) is 3.33. The van der Waals surface area contributed by atoms with Crippen LogP contribution in [0, 0.1) is 11.7 Å². The molecule has 2 N–H and O–H groups in total. The molecule has 0 bridgehead atoms. The number of carbonyl (C=O) groups excluding carboxylic acids is 1. The van der Waals surface area contributed by atoms with Gasteiger partial charge >= 0.3 is 6.03 Å². The van der Waals surface area contributed by atoms with Crippen LogP contribution in [-0.2, 0) is 0 Å². The summed E-state index contributed by atoms with van der Waals surface area (Å²) in [5.74, 6) is 0.209. The molecule has 0 saturated heterocycles. The smallest absolute Gasteiger partial charge is 0.317 e. The first-order valence-corrected chi connectivity index (χ1v) is 7.50. The van der Waals surface area contributed by atoms with Crippen LogP contribution in [0.25, 0.3) is 0 Å². The molecule has 114 valence electrons. The third-order valence-electron chi connectivity index (χ3n) is 4.38. The van der Waals surface area contributed by atoms with Gasteiger partial charge in [-0.2, -0.15) is 0 Å². The van der Waals surface area contributed by atoms with E-state index < -0.39 is 6.10 Å². The normalized spacial score (nSPS) is 25.3. The second-order valence-corrected chi connectivity index (χ2v) is 6.20. The van der Waals surface area contributed by atoms with Crippen LogP contribution >= 0.6 is 0 Å². The molecule has 0 aliphatic heterocycles. The molecule has 0 spiro atoms. The molecule has 0 heterocycles. The van der Waals surface area contributed by atoms with E-state index in [2.05, 4.69) is 5.32 Å². The molecule has 0 radical (unpaired) electrons. The molecule has 1 aromatic carbocycles. The molecule has 1 aromatic rings. The van der Waals surface area contributed by atoms with Crippen LogP contribution in [0.1, 0.15) is 30.7 Å². The third-order valence-corrected chi connectivity index (χ3v) is 4.38. The van der Waals surface area contributed by atoms with Gasteiger partial charge in [0, 0.05) is 25.6 Å². The van der Waals surface area contributed by atoms with E-state index in [9.17, 15) is 14.3 Å². The number of hydrogen-bond donors (Lipinski definition) is 2. The fraction of sp³-hybridized carbons (Fsp3) is 0.562. The van der Waals surface area contributed by atoms with Crippen molar-refractivity contribution in [3.8, 4) is 0 Å². The Bertz CT molecular complexity index is 533. The molecule has 2 aliphatic carbocycles. The monoisotopic (exact) mass is 292 g/mol. The van der Waals surface area contributed by atoms with Crippen LogP contribution < -0.4 is 5.32 Å². The van der Waals surface area contributed by atoms with Crippen molar-refractivity contribution in [1.29, 1.82) is 0 Å². The average molecular weight is 292 g/mol. The van der Waals surface area contributed by atoms with E-state index in [1.165, 1.54) is 11.0 Å². The van der Waals surface area contributed by atoms with E-state index in [4.69, 9.17) is 0 Å². The summed E-state index contributed by atoms with van der Waals surface area (Å²) in [5, 5.41) is 12.8. The van der Waals surface area contributed by atoms with Crippen molar-refractivity contribution in [3.63, 3.8) is 0 Å². The van der Waals surface area contributed by atoms with Gasteiger partial charge in [-0.25, -0.2) is 9.18 Å². The van der Waals surface area contributed by atoms with Crippen molar-refractivity contribution in [2.24, 2.45) is 5.92 Å². The first-order valence-electron chi connectivity index (χ1n) is 7.50. The van der Waals surface area contributed by atoms with Crippen molar-refractivity contribution < 1.29 is 14.3 Å². The van der Waals surface area contributed by atoms with E-state index in [0.29, 0.717) is 18.0 Å². The molecule has 3 unspecified atom stereocenters. The summed E-state index contributed by atoms with van der Waals surface area (Å²) in [5.41, 5.74) is 0.670. The number of amides is 2. The predicted octanol–water partition coefficient (Wildman–Crippen LogP) is 2.09. The van der Waals surface area contributed by atoms with E-state index in [1.807, 2.05) is 6.07 Å². The number of hydrogen-bond acceptors (Lipinski definition) is 2. The SMILES string of the molecule is CN(CC(O)C1CC1)C(=O)NC1CC1c1ccccc1F. The van der Waals surface area contributed by atoms with E-state index in [0.717, 1.165) is 19.3 Å². The molecule has 2 amide bonds. The molecule has 2 saturated carbocycles. The highest BCUT2D eigenvalue weighted by Crippen LogP contribution is 2.41. The molecule has 2 aliphatic rings. The second-order valence-electron chi connectivity index (χ2n) is 6.20. The van der Waals surface area contributed by atoms with Crippen LogP contribution in [0.3, 0.4) is 0 Å². The Morgan fingerprint density at radius 2 is 2.19 bits per heavy atom. The minimum absolute atomic E-state index is 0.00471. The Hall–Kier alpha value is -1.62. The Balaban J connectivity index is 1.49. The summed E-state index contributed by atoms with van der Waals surface area (Å²) in [4.78, 5) is 13.6. The second kappa shape index (κ2) is 5.64. The summed E-state index contributed by atoms with van der Waals surface area (Å²) in [6.45, 7) is 0.355. The van der Waals surface area contributed by atoms with Gasteiger partial charge in [-0.1, -0.05) is 18.2 Å². The highest BCUT2D eigenvalue weighted by atomic mass is 19.1. The minimum Gasteiger partial charge on any atom is -0.391 e. The van der Waals surface area contributed by atoms with Gasteiger partial charge in [0.05, 0.1) is 6.10 Å². The van der Waals surface area contributed by atoms with Crippen molar-refractivity contribution in [1.82, 2.24) is 10.2 Å². The zero-order valence-corrected chi connectivity index (χ0v) is 12.1. The van der Waals surface area contributed by atoms with E-state index in [1.54, 1.807) is 19.2 Å². The first kappa shape index (κ1) is 14.3. The molecule has 21 heavy (non-hydrogen) atoms. The van der Waals surface area contributed by atoms with Crippen molar-refractivity contribution in [3.05, 3.63) is 35.6 Å². The van der Waals surface area contributed by atoms with Crippen LogP contribution in [0.15, 0.2) is 24.3 Å². The van der Waals surface area contributed by atoms with Crippen molar-refractivity contribution >= 4 is 6.03 Å². The number of aliphatic hydroxyl groups excluding tert-OH is 1. The summed E-state index contributed by atoms with van der Waals surface area (Å²) in [6.07, 6.45) is 2.44. The Kier molecular flexibility index (Phi) is 3.85. The number of carbonyl (C=O) groups is 1. The maximum absolute atomic E-state index is 13.7. The van der Waals surface area contributed by atoms with Gasteiger partial charge in [0.15, 0.2) is 0 Å². The molecular formula is C16H21FN2O2. The molecule has 0 aromatic heterocycles. The van der Waals surface area contributed by atoms with Gasteiger partial charge in [-0.15, -0.1) is 0 Å². The zero-order chi connectivity index (χ0) is 15.0. The highest BCUT2D eigenvalue weighted by molar-refractivity contribution is 5.75. The van der Waals surface area contributed by atoms with Crippen molar-refractivity contribution in [2.45, 2.75) is 37.3 Å². The molecule has 4 nitrogen and oxygen atoms in total. The lowest BCUT2D eigenvalue weighted by Crippen LogP contribution is -2.42. The van der Waals surface area contributed by atoms with E-state index in [-0.39, 0.29) is 23.8 Å². The van der Waals surface area contributed by atoms with Crippen LogP contribution in [-0.4, -0.2) is 41.8 Å². The number of aliphatic hydroxyl groups is 1. The Morgan fingerprint density at radius 3 is 2.86 bits per heavy atom. The molecular weight excluding hydrogens is 271 g/mol. The maximum atomic E-state index is 13.7. The van der Waals surface area contributed by atoms with Gasteiger partial charge in [-0.3, -0.25) is 0 Å². The lowest BCUT2D eigenvalue weighted by atomic mass is 10.1. The van der Waals surface area contributed by atoms with E-state index >= 15 is 0 Å². The number of benzene rings is 1. The minimum atomic E-state index is -0.428. The van der Waals surface area contributed by atoms with Gasteiger partial charge in [0.1, 0.15) is 5.82 Å². The number of likely N-dealkylation sites (N-methyl/N-ethyl adjacent to an activating group) is 1. The standard InChI is InChI=1S/C16H21FN2O2/c1-19(9-15(20)10-6-7-10)16(21)18-14-8-12(14)11-4-2-3-5-13(11)17/h2-5,10,12,14-15,20H,6-9H2,1H3,(H,18,21). The molecule has 5 heteroatoms. The summed E-state index contributed by atoms with van der Waals surface area (Å²) < 4.78 is 13.7. The lowest BCUT2D eigenvalue weighted by molar-refractivity contribution is 0.113. The zero-order valence-electron chi connectivity index (χ0n) is 12.1. The quantitative estimate of drug-likeness (QED) is 0.873. The van der Waals surface area contributed by atoms with Gasteiger partial charge in [0.2, 0.25) is 0 Å². The fourth-order valence-electron chi connectivity index (χ4n) is 2.74. The summed E-state index contributed by atoms with van der Waals surface area (Å²) in [6, 6.07) is 6.50. The van der Waals surface area contributed by atoms with Crippen molar-refractivity contribution in [2.75, 3.05) is 13.6 Å². The third kappa shape index (κ3) is 3.35. The van der Waals surface area contributed by atoms with Crippen LogP contribution in [0.5, 0.6) is 0 Å².